The standard InChI is InChI=1S/C14H13ClFNO/c1-9(18)8-11-6-7-17-14(13(11)15)10-2-4-12(16)5-3-10/h2-7,9,18H,8H2,1H3. The fourth-order valence-electron chi connectivity index (χ4n) is 1.77. The molecule has 1 aromatic carbocycles. The van der Waals surface area contributed by atoms with Crippen LogP contribution < -0.4 is 0 Å². The van der Waals surface area contributed by atoms with E-state index in [1.807, 2.05) is 0 Å². The molecule has 0 saturated carbocycles. The van der Waals surface area contributed by atoms with Crippen LogP contribution in [-0.4, -0.2) is 16.2 Å². The molecule has 1 atom stereocenters. The Kier molecular flexibility index (Phi) is 3.94. The average molecular weight is 266 g/mol. The Hall–Kier alpha value is -1.45. The summed E-state index contributed by atoms with van der Waals surface area (Å²) in [6.07, 6.45) is 1.64. The number of pyridine rings is 1. The van der Waals surface area contributed by atoms with E-state index in [1.54, 1.807) is 31.3 Å². The third-order valence-electron chi connectivity index (χ3n) is 2.60. The average Bonchev–Trinajstić information content (AvgIpc) is 2.33. The Morgan fingerprint density at radius 2 is 1.94 bits per heavy atom. The Morgan fingerprint density at radius 3 is 2.56 bits per heavy atom. The maximum absolute atomic E-state index is 12.9. The number of halogens is 2. The van der Waals surface area contributed by atoms with E-state index < -0.39 is 6.10 Å². The second kappa shape index (κ2) is 5.46. The molecule has 2 nitrogen and oxygen atoms in total. The monoisotopic (exact) mass is 265 g/mol. The summed E-state index contributed by atoms with van der Waals surface area (Å²) in [6.45, 7) is 1.70. The zero-order valence-electron chi connectivity index (χ0n) is 9.90. The molecule has 0 fully saturated rings. The van der Waals surface area contributed by atoms with Crippen molar-refractivity contribution in [1.29, 1.82) is 0 Å². The van der Waals surface area contributed by atoms with Crippen LogP contribution in [0.3, 0.4) is 0 Å². The topological polar surface area (TPSA) is 33.1 Å². The van der Waals surface area contributed by atoms with Crippen molar-refractivity contribution >= 4 is 11.6 Å². The summed E-state index contributed by atoms with van der Waals surface area (Å²) >= 11 is 6.26. The van der Waals surface area contributed by atoms with E-state index in [0.29, 0.717) is 17.1 Å². The Balaban J connectivity index is 2.42. The summed E-state index contributed by atoms with van der Waals surface area (Å²) in [4.78, 5) is 4.21. The van der Waals surface area contributed by atoms with Gasteiger partial charge in [-0.15, -0.1) is 0 Å². The summed E-state index contributed by atoms with van der Waals surface area (Å²) in [7, 11) is 0. The molecule has 0 aliphatic carbocycles. The summed E-state index contributed by atoms with van der Waals surface area (Å²) < 4.78 is 12.9. The van der Waals surface area contributed by atoms with Gasteiger partial charge in [-0.1, -0.05) is 11.6 Å². The summed E-state index contributed by atoms with van der Waals surface area (Å²) in [5.74, 6) is -0.296. The highest BCUT2D eigenvalue weighted by Crippen LogP contribution is 2.29. The molecule has 2 aromatic rings. The molecule has 0 spiro atoms. The van der Waals surface area contributed by atoms with Crippen molar-refractivity contribution in [1.82, 2.24) is 4.98 Å². The fourth-order valence-corrected chi connectivity index (χ4v) is 2.07. The lowest BCUT2D eigenvalue weighted by molar-refractivity contribution is 0.195. The summed E-state index contributed by atoms with van der Waals surface area (Å²) in [5.41, 5.74) is 2.20. The van der Waals surface area contributed by atoms with Gasteiger partial charge in [-0.05, 0) is 49.2 Å². The highest BCUT2D eigenvalue weighted by molar-refractivity contribution is 6.33. The molecule has 4 heteroatoms. The van der Waals surface area contributed by atoms with Crippen LogP contribution in [0.2, 0.25) is 5.02 Å². The lowest BCUT2D eigenvalue weighted by Gasteiger charge is -2.10. The van der Waals surface area contributed by atoms with Crippen LogP contribution in [0.15, 0.2) is 36.5 Å². The number of aliphatic hydroxyl groups excluding tert-OH is 1. The second-order valence-electron chi connectivity index (χ2n) is 4.19. The van der Waals surface area contributed by atoms with Gasteiger partial charge in [0.2, 0.25) is 0 Å². The first-order chi connectivity index (χ1) is 8.58. The van der Waals surface area contributed by atoms with Crippen LogP contribution in [0.4, 0.5) is 4.39 Å². The predicted molar refractivity (Wildman–Crippen MR) is 70.0 cm³/mol. The molecule has 0 amide bonds. The molecule has 18 heavy (non-hydrogen) atoms. The van der Waals surface area contributed by atoms with E-state index in [4.69, 9.17) is 11.6 Å². The van der Waals surface area contributed by atoms with Gasteiger partial charge in [0.15, 0.2) is 0 Å². The van der Waals surface area contributed by atoms with Crippen molar-refractivity contribution in [2.45, 2.75) is 19.4 Å². The molecule has 1 aromatic heterocycles. The van der Waals surface area contributed by atoms with Crippen LogP contribution in [0.5, 0.6) is 0 Å². The first-order valence-corrected chi connectivity index (χ1v) is 6.03. The van der Waals surface area contributed by atoms with E-state index >= 15 is 0 Å². The lowest BCUT2D eigenvalue weighted by atomic mass is 10.1. The van der Waals surface area contributed by atoms with Gasteiger partial charge in [0, 0.05) is 11.8 Å². The molecule has 0 radical (unpaired) electrons. The number of aromatic nitrogens is 1. The predicted octanol–water partition coefficient (Wildman–Crippen LogP) is 3.46. The van der Waals surface area contributed by atoms with Crippen LogP contribution in [0.1, 0.15) is 12.5 Å². The first-order valence-electron chi connectivity index (χ1n) is 5.65. The van der Waals surface area contributed by atoms with E-state index in [1.165, 1.54) is 12.1 Å². The number of nitrogens with zero attached hydrogens (tertiary/aromatic N) is 1. The molecular weight excluding hydrogens is 253 g/mol. The number of benzene rings is 1. The molecule has 0 saturated heterocycles. The minimum Gasteiger partial charge on any atom is -0.393 e. The van der Waals surface area contributed by atoms with Gasteiger partial charge < -0.3 is 5.11 Å². The molecule has 0 aliphatic heterocycles. The number of aliphatic hydroxyl groups is 1. The van der Waals surface area contributed by atoms with Gasteiger partial charge in [0.1, 0.15) is 5.82 Å². The normalized spacial score (nSPS) is 12.4. The maximum atomic E-state index is 12.9. The fraction of sp³-hybridized carbons (Fsp3) is 0.214. The molecule has 1 heterocycles. The molecule has 1 unspecified atom stereocenters. The van der Waals surface area contributed by atoms with E-state index in [2.05, 4.69) is 4.98 Å². The van der Waals surface area contributed by atoms with Crippen molar-refractivity contribution in [2.75, 3.05) is 0 Å². The van der Waals surface area contributed by atoms with Crippen LogP contribution >= 0.6 is 11.6 Å². The van der Waals surface area contributed by atoms with Gasteiger partial charge in [0.05, 0.1) is 16.8 Å². The molecule has 0 aliphatic rings. The first kappa shape index (κ1) is 13.0. The van der Waals surface area contributed by atoms with E-state index in [9.17, 15) is 9.50 Å². The smallest absolute Gasteiger partial charge is 0.123 e. The number of hydrogen-bond acceptors (Lipinski definition) is 2. The lowest BCUT2D eigenvalue weighted by Crippen LogP contribution is -2.05. The minimum absolute atomic E-state index is 0.296. The Labute approximate surface area is 110 Å². The van der Waals surface area contributed by atoms with E-state index in [0.717, 1.165) is 11.1 Å². The van der Waals surface area contributed by atoms with Gasteiger partial charge in [-0.25, -0.2) is 4.39 Å². The quantitative estimate of drug-likeness (QED) is 0.922. The molecule has 1 N–H and O–H groups in total. The molecule has 0 bridgehead atoms. The maximum Gasteiger partial charge on any atom is 0.123 e. The summed E-state index contributed by atoms with van der Waals surface area (Å²) in [5, 5.41) is 9.90. The zero-order valence-corrected chi connectivity index (χ0v) is 10.7. The van der Waals surface area contributed by atoms with Crippen molar-refractivity contribution in [3.05, 3.63) is 52.9 Å². The van der Waals surface area contributed by atoms with Crippen molar-refractivity contribution < 1.29 is 9.50 Å². The van der Waals surface area contributed by atoms with Gasteiger partial charge in [-0.3, -0.25) is 4.98 Å². The van der Waals surface area contributed by atoms with Gasteiger partial charge in [0.25, 0.3) is 0 Å². The van der Waals surface area contributed by atoms with Crippen molar-refractivity contribution in [3.63, 3.8) is 0 Å². The van der Waals surface area contributed by atoms with Crippen LogP contribution in [0.25, 0.3) is 11.3 Å². The third-order valence-corrected chi connectivity index (χ3v) is 3.02. The van der Waals surface area contributed by atoms with Crippen molar-refractivity contribution in [3.8, 4) is 11.3 Å². The number of hydrogen-bond donors (Lipinski definition) is 1. The van der Waals surface area contributed by atoms with Crippen molar-refractivity contribution in [2.24, 2.45) is 0 Å². The van der Waals surface area contributed by atoms with Gasteiger partial charge >= 0.3 is 0 Å². The third kappa shape index (κ3) is 2.86. The molecule has 94 valence electrons. The highest BCUT2D eigenvalue weighted by Gasteiger charge is 2.11. The minimum atomic E-state index is -0.467. The summed E-state index contributed by atoms with van der Waals surface area (Å²) in [6, 6.07) is 7.79. The SMILES string of the molecule is CC(O)Cc1ccnc(-c2ccc(F)cc2)c1Cl. The largest absolute Gasteiger partial charge is 0.393 e. The second-order valence-corrected chi connectivity index (χ2v) is 4.57. The zero-order chi connectivity index (χ0) is 13.1. The van der Waals surface area contributed by atoms with Crippen LogP contribution in [0, 0.1) is 5.82 Å². The number of rotatable bonds is 3. The molecule has 2 rings (SSSR count). The van der Waals surface area contributed by atoms with E-state index in [-0.39, 0.29) is 5.82 Å². The van der Waals surface area contributed by atoms with Crippen LogP contribution in [-0.2, 0) is 6.42 Å². The molecular formula is C14H13ClFNO. The van der Waals surface area contributed by atoms with Gasteiger partial charge in [-0.2, -0.15) is 0 Å². The Bertz CT molecular complexity index is 540. The highest BCUT2D eigenvalue weighted by atomic mass is 35.5. The Morgan fingerprint density at radius 1 is 1.28 bits per heavy atom.